The first kappa shape index (κ1) is 18.5. The largest absolute Gasteiger partial charge is 0.326 e. The van der Waals surface area contributed by atoms with E-state index < -0.39 is 0 Å². The zero-order valence-corrected chi connectivity index (χ0v) is 14.9. The number of nitrogens with zero attached hydrogens (tertiary/aromatic N) is 1. The third-order valence-electron chi connectivity index (χ3n) is 4.21. The van der Waals surface area contributed by atoms with Gasteiger partial charge in [0.1, 0.15) is 0 Å². The molecular weight excluding hydrogens is 326 g/mol. The van der Waals surface area contributed by atoms with Crippen LogP contribution in [0.25, 0.3) is 0 Å². The SMILES string of the molecule is Cc1c(Cl)cccc1NC(=O)CCC(=O)N/N=C1\CCCC(C)C1. The maximum absolute atomic E-state index is 12.0. The molecule has 0 radical (unpaired) electrons. The molecule has 1 fully saturated rings. The zero-order valence-electron chi connectivity index (χ0n) is 14.2. The first-order chi connectivity index (χ1) is 11.5. The molecule has 0 heterocycles. The van der Waals surface area contributed by atoms with Gasteiger partial charge in [-0.25, -0.2) is 5.43 Å². The molecule has 0 saturated heterocycles. The maximum Gasteiger partial charge on any atom is 0.240 e. The Balaban J connectivity index is 1.76. The molecule has 1 aromatic rings. The van der Waals surface area contributed by atoms with Gasteiger partial charge in [-0.05, 0) is 56.2 Å². The summed E-state index contributed by atoms with van der Waals surface area (Å²) >= 11 is 6.02. The van der Waals surface area contributed by atoms with Crippen LogP contribution < -0.4 is 10.7 Å². The van der Waals surface area contributed by atoms with Gasteiger partial charge >= 0.3 is 0 Å². The third kappa shape index (κ3) is 5.64. The van der Waals surface area contributed by atoms with E-state index in [-0.39, 0.29) is 24.7 Å². The lowest BCUT2D eigenvalue weighted by Crippen LogP contribution is -2.23. The smallest absolute Gasteiger partial charge is 0.240 e. The van der Waals surface area contributed by atoms with Crippen LogP contribution in [-0.2, 0) is 9.59 Å². The van der Waals surface area contributed by atoms with Gasteiger partial charge in [0.2, 0.25) is 11.8 Å². The quantitative estimate of drug-likeness (QED) is 0.787. The number of hydrogen-bond acceptors (Lipinski definition) is 3. The minimum Gasteiger partial charge on any atom is -0.326 e. The summed E-state index contributed by atoms with van der Waals surface area (Å²) in [5.74, 6) is 0.175. The second kappa shape index (κ2) is 8.83. The highest BCUT2D eigenvalue weighted by molar-refractivity contribution is 6.31. The van der Waals surface area contributed by atoms with Crippen molar-refractivity contribution in [2.75, 3.05) is 5.32 Å². The van der Waals surface area contributed by atoms with Crippen molar-refractivity contribution in [3.05, 3.63) is 28.8 Å². The standard InChI is InChI=1S/C18H24ClN3O2/c1-12-5-3-6-14(11-12)21-22-18(24)10-9-17(23)20-16-8-4-7-15(19)13(16)2/h4,7-8,12H,3,5-6,9-11H2,1-2H3,(H,20,23)(H,22,24)/b21-14+. The Morgan fingerprint density at radius 2 is 2.04 bits per heavy atom. The molecular formula is C18H24ClN3O2. The molecule has 0 spiro atoms. The predicted molar refractivity (Wildman–Crippen MR) is 97.3 cm³/mol. The molecule has 0 aromatic heterocycles. The van der Waals surface area contributed by atoms with Crippen LogP contribution in [0.15, 0.2) is 23.3 Å². The van der Waals surface area contributed by atoms with E-state index in [0.29, 0.717) is 16.6 Å². The summed E-state index contributed by atoms with van der Waals surface area (Å²) in [5, 5.41) is 7.57. The number of benzene rings is 1. The number of carbonyl (C=O) groups is 2. The summed E-state index contributed by atoms with van der Waals surface area (Å²) in [6.45, 7) is 4.03. The number of nitrogens with one attached hydrogen (secondary N) is 2. The summed E-state index contributed by atoms with van der Waals surface area (Å²) in [6.07, 6.45) is 4.44. The van der Waals surface area contributed by atoms with E-state index in [1.165, 1.54) is 6.42 Å². The van der Waals surface area contributed by atoms with E-state index in [2.05, 4.69) is 22.8 Å². The fraction of sp³-hybridized carbons (Fsp3) is 0.500. The lowest BCUT2D eigenvalue weighted by Gasteiger charge is -2.18. The van der Waals surface area contributed by atoms with Gasteiger partial charge in [0.05, 0.1) is 0 Å². The Bertz CT molecular complexity index is 643. The molecule has 24 heavy (non-hydrogen) atoms. The van der Waals surface area contributed by atoms with Gasteiger partial charge in [-0.15, -0.1) is 0 Å². The molecule has 1 aliphatic carbocycles. The second-order valence-electron chi connectivity index (χ2n) is 6.38. The summed E-state index contributed by atoms with van der Waals surface area (Å²) in [7, 11) is 0. The van der Waals surface area contributed by atoms with Gasteiger partial charge < -0.3 is 5.32 Å². The molecule has 2 N–H and O–H groups in total. The molecule has 2 rings (SSSR count). The summed E-state index contributed by atoms with van der Waals surface area (Å²) in [5.41, 5.74) is 5.09. The zero-order chi connectivity index (χ0) is 17.5. The molecule has 1 aromatic carbocycles. The summed E-state index contributed by atoms with van der Waals surface area (Å²) in [6, 6.07) is 5.33. The molecule has 2 amide bonds. The third-order valence-corrected chi connectivity index (χ3v) is 4.62. The van der Waals surface area contributed by atoms with Crippen LogP contribution in [0, 0.1) is 12.8 Å². The topological polar surface area (TPSA) is 70.6 Å². The average Bonchev–Trinajstić information content (AvgIpc) is 2.55. The van der Waals surface area contributed by atoms with E-state index in [4.69, 9.17) is 11.6 Å². The molecule has 0 bridgehead atoms. The number of halogens is 1. The van der Waals surface area contributed by atoms with Gasteiger partial charge in [-0.1, -0.05) is 24.6 Å². The Labute approximate surface area is 147 Å². The van der Waals surface area contributed by atoms with Gasteiger partial charge in [-0.3, -0.25) is 9.59 Å². The highest BCUT2D eigenvalue weighted by Gasteiger charge is 2.14. The number of carbonyl (C=O) groups excluding carboxylic acids is 2. The highest BCUT2D eigenvalue weighted by atomic mass is 35.5. The van der Waals surface area contributed by atoms with Crippen LogP contribution in [0.2, 0.25) is 5.02 Å². The molecule has 5 nitrogen and oxygen atoms in total. The number of anilines is 1. The lowest BCUT2D eigenvalue weighted by atomic mass is 9.89. The molecule has 0 aliphatic heterocycles. The maximum atomic E-state index is 12.0. The van der Waals surface area contributed by atoms with Crippen molar-refractivity contribution in [1.82, 2.24) is 5.43 Å². The summed E-state index contributed by atoms with van der Waals surface area (Å²) in [4.78, 5) is 23.8. The monoisotopic (exact) mass is 349 g/mol. The summed E-state index contributed by atoms with van der Waals surface area (Å²) < 4.78 is 0. The normalized spacial score (nSPS) is 19.1. The molecule has 6 heteroatoms. The van der Waals surface area contributed by atoms with Crippen molar-refractivity contribution in [2.45, 2.75) is 52.4 Å². The van der Waals surface area contributed by atoms with E-state index in [9.17, 15) is 9.59 Å². The highest BCUT2D eigenvalue weighted by Crippen LogP contribution is 2.23. The first-order valence-corrected chi connectivity index (χ1v) is 8.72. The number of rotatable bonds is 5. The molecule has 1 atom stereocenters. The van der Waals surface area contributed by atoms with Crippen molar-refractivity contribution in [3.8, 4) is 0 Å². The van der Waals surface area contributed by atoms with Crippen LogP contribution in [0.4, 0.5) is 5.69 Å². The van der Waals surface area contributed by atoms with Crippen molar-refractivity contribution in [3.63, 3.8) is 0 Å². The molecule has 1 saturated carbocycles. The van der Waals surface area contributed by atoms with E-state index in [0.717, 1.165) is 30.5 Å². The minimum atomic E-state index is -0.237. The number of hydrogen-bond donors (Lipinski definition) is 2. The molecule has 1 aliphatic rings. The van der Waals surface area contributed by atoms with Crippen LogP contribution in [0.1, 0.15) is 51.0 Å². The Morgan fingerprint density at radius 1 is 1.29 bits per heavy atom. The molecule has 1 unspecified atom stereocenters. The van der Waals surface area contributed by atoms with Gasteiger partial charge in [-0.2, -0.15) is 5.10 Å². The van der Waals surface area contributed by atoms with E-state index >= 15 is 0 Å². The molecule has 130 valence electrons. The fourth-order valence-corrected chi connectivity index (χ4v) is 2.92. The lowest BCUT2D eigenvalue weighted by molar-refractivity contribution is -0.124. The van der Waals surface area contributed by atoms with E-state index in [1.54, 1.807) is 18.2 Å². The Kier molecular flexibility index (Phi) is 6.79. The van der Waals surface area contributed by atoms with Crippen molar-refractivity contribution in [2.24, 2.45) is 11.0 Å². The second-order valence-corrected chi connectivity index (χ2v) is 6.78. The van der Waals surface area contributed by atoms with Crippen molar-refractivity contribution in [1.29, 1.82) is 0 Å². The fourth-order valence-electron chi connectivity index (χ4n) is 2.74. The van der Waals surface area contributed by atoms with Gasteiger partial charge in [0, 0.05) is 29.3 Å². The number of amides is 2. The predicted octanol–water partition coefficient (Wildman–Crippen LogP) is 4.05. The first-order valence-electron chi connectivity index (χ1n) is 8.35. The Morgan fingerprint density at radius 3 is 2.79 bits per heavy atom. The Hall–Kier alpha value is -1.88. The van der Waals surface area contributed by atoms with Gasteiger partial charge in [0.15, 0.2) is 0 Å². The number of hydrazone groups is 1. The van der Waals surface area contributed by atoms with Crippen molar-refractivity contribution >= 4 is 34.8 Å². The van der Waals surface area contributed by atoms with E-state index in [1.807, 2.05) is 6.92 Å². The van der Waals surface area contributed by atoms with Crippen LogP contribution in [-0.4, -0.2) is 17.5 Å². The minimum absolute atomic E-state index is 0.109. The van der Waals surface area contributed by atoms with Gasteiger partial charge in [0.25, 0.3) is 0 Å². The van der Waals surface area contributed by atoms with Crippen molar-refractivity contribution < 1.29 is 9.59 Å². The van der Waals surface area contributed by atoms with Crippen LogP contribution in [0.3, 0.4) is 0 Å². The van der Waals surface area contributed by atoms with Crippen LogP contribution in [0.5, 0.6) is 0 Å². The average molecular weight is 350 g/mol. The van der Waals surface area contributed by atoms with Crippen LogP contribution >= 0.6 is 11.6 Å².